The first-order valence-electron chi connectivity index (χ1n) is 5.14. The van der Waals surface area contributed by atoms with Crippen molar-refractivity contribution in [1.82, 2.24) is 5.32 Å². The average Bonchev–Trinajstić information content (AvgIpc) is 2.21. The van der Waals surface area contributed by atoms with Crippen LogP contribution in [-0.2, 0) is 11.3 Å². The zero-order valence-electron chi connectivity index (χ0n) is 9.81. The van der Waals surface area contributed by atoms with Crippen LogP contribution in [-0.4, -0.2) is 19.3 Å². The Hall–Kier alpha value is -0.280. The van der Waals surface area contributed by atoms with Gasteiger partial charge in [0.05, 0.1) is 5.60 Å². The van der Waals surface area contributed by atoms with Crippen molar-refractivity contribution in [2.45, 2.75) is 26.0 Å². The van der Waals surface area contributed by atoms with Crippen LogP contribution in [0.15, 0.2) is 18.2 Å². The predicted octanol–water partition coefficient (Wildman–Crippen LogP) is 3.51. The van der Waals surface area contributed by atoms with Crippen molar-refractivity contribution in [2.24, 2.45) is 0 Å². The fourth-order valence-electron chi connectivity index (χ4n) is 1.24. The standard InChI is InChI=1S/C12H17Cl2NO/c1-12(2,16-3)8-15-7-9-4-5-10(13)6-11(9)14/h4-6,15H,7-8H2,1-3H3. The van der Waals surface area contributed by atoms with Crippen molar-refractivity contribution >= 4 is 23.2 Å². The minimum Gasteiger partial charge on any atom is -0.377 e. The maximum Gasteiger partial charge on any atom is 0.0746 e. The number of hydrogen-bond donors (Lipinski definition) is 1. The molecule has 0 bridgehead atoms. The number of methoxy groups -OCH3 is 1. The first-order chi connectivity index (χ1) is 7.44. The van der Waals surface area contributed by atoms with E-state index >= 15 is 0 Å². The number of hydrogen-bond acceptors (Lipinski definition) is 2. The molecule has 0 spiro atoms. The normalized spacial score (nSPS) is 11.8. The van der Waals surface area contributed by atoms with Gasteiger partial charge in [0.2, 0.25) is 0 Å². The third-order valence-electron chi connectivity index (χ3n) is 2.43. The van der Waals surface area contributed by atoms with E-state index in [1.54, 1.807) is 13.2 Å². The molecule has 4 heteroatoms. The Labute approximate surface area is 107 Å². The first kappa shape index (κ1) is 13.8. The van der Waals surface area contributed by atoms with E-state index in [0.29, 0.717) is 16.6 Å². The van der Waals surface area contributed by atoms with Crippen LogP contribution in [0.2, 0.25) is 10.0 Å². The van der Waals surface area contributed by atoms with Crippen molar-refractivity contribution in [3.05, 3.63) is 33.8 Å². The Morgan fingerprint density at radius 2 is 2.00 bits per heavy atom. The Bertz CT molecular complexity index is 353. The molecule has 1 aromatic carbocycles. The van der Waals surface area contributed by atoms with E-state index in [2.05, 4.69) is 5.32 Å². The van der Waals surface area contributed by atoms with Gasteiger partial charge in [0.25, 0.3) is 0 Å². The molecule has 1 rings (SSSR count). The molecule has 0 aliphatic rings. The fourth-order valence-corrected chi connectivity index (χ4v) is 1.71. The van der Waals surface area contributed by atoms with Gasteiger partial charge < -0.3 is 10.1 Å². The van der Waals surface area contributed by atoms with E-state index in [4.69, 9.17) is 27.9 Å². The SMILES string of the molecule is COC(C)(C)CNCc1ccc(Cl)cc1Cl. The second-order valence-corrected chi connectivity index (χ2v) is 5.15. The lowest BCUT2D eigenvalue weighted by Gasteiger charge is -2.23. The van der Waals surface area contributed by atoms with Gasteiger partial charge in [-0.1, -0.05) is 29.3 Å². The molecule has 1 N–H and O–H groups in total. The molecule has 0 heterocycles. The summed E-state index contributed by atoms with van der Waals surface area (Å²) in [5.74, 6) is 0. The molecule has 0 aliphatic carbocycles. The van der Waals surface area contributed by atoms with Crippen LogP contribution in [0.25, 0.3) is 0 Å². The van der Waals surface area contributed by atoms with Crippen LogP contribution in [0.5, 0.6) is 0 Å². The van der Waals surface area contributed by atoms with E-state index in [-0.39, 0.29) is 5.60 Å². The summed E-state index contributed by atoms with van der Waals surface area (Å²) in [5.41, 5.74) is 0.872. The van der Waals surface area contributed by atoms with Gasteiger partial charge >= 0.3 is 0 Å². The number of nitrogens with one attached hydrogen (secondary N) is 1. The summed E-state index contributed by atoms with van der Waals surface area (Å²) in [4.78, 5) is 0. The van der Waals surface area contributed by atoms with Crippen molar-refractivity contribution in [3.8, 4) is 0 Å². The smallest absolute Gasteiger partial charge is 0.0746 e. The number of rotatable bonds is 5. The molecular weight excluding hydrogens is 245 g/mol. The van der Waals surface area contributed by atoms with Crippen LogP contribution in [0, 0.1) is 0 Å². The Balaban J connectivity index is 2.49. The summed E-state index contributed by atoms with van der Waals surface area (Å²) >= 11 is 11.9. The lowest BCUT2D eigenvalue weighted by Crippen LogP contribution is -2.36. The van der Waals surface area contributed by atoms with Gasteiger partial charge in [-0.2, -0.15) is 0 Å². The maximum absolute atomic E-state index is 6.06. The third-order valence-corrected chi connectivity index (χ3v) is 3.02. The van der Waals surface area contributed by atoms with E-state index < -0.39 is 0 Å². The Kier molecular flexibility index (Phi) is 5.06. The Morgan fingerprint density at radius 1 is 1.31 bits per heavy atom. The van der Waals surface area contributed by atoms with Crippen LogP contribution in [0.1, 0.15) is 19.4 Å². The largest absolute Gasteiger partial charge is 0.377 e. The minimum atomic E-state index is -0.168. The summed E-state index contributed by atoms with van der Waals surface area (Å²) in [7, 11) is 1.71. The quantitative estimate of drug-likeness (QED) is 0.876. The molecule has 0 fully saturated rings. The molecule has 0 radical (unpaired) electrons. The zero-order chi connectivity index (χ0) is 12.2. The highest BCUT2D eigenvalue weighted by molar-refractivity contribution is 6.35. The minimum absolute atomic E-state index is 0.168. The number of halogens is 2. The van der Waals surface area contributed by atoms with Crippen LogP contribution < -0.4 is 5.32 Å². The molecule has 0 amide bonds. The summed E-state index contributed by atoms with van der Waals surface area (Å²) < 4.78 is 5.31. The van der Waals surface area contributed by atoms with Crippen molar-refractivity contribution in [3.63, 3.8) is 0 Å². The molecule has 1 aromatic rings. The van der Waals surface area contributed by atoms with Crippen LogP contribution >= 0.6 is 23.2 Å². The highest BCUT2D eigenvalue weighted by atomic mass is 35.5. The molecule has 0 unspecified atom stereocenters. The van der Waals surface area contributed by atoms with Crippen molar-refractivity contribution in [2.75, 3.05) is 13.7 Å². The van der Waals surface area contributed by atoms with Gasteiger partial charge in [0.15, 0.2) is 0 Å². The molecular formula is C12H17Cl2NO. The van der Waals surface area contributed by atoms with Crippen LogP contribution in [0.4, 0.5) is 0 Å². The summed E-state index contributed by atoms with van der Waals surface area (Å²) in [6.07, 6.45) is 0. The summed E-state index contributed by atoms with van der Waals surface area (Å²) in [6, 6.07) is 5.52. The van der Waals surface area contributed by atoms with E-state index in [0.717, 1.165) is 12.1 Å². The third kappa shape index (κ3) is 4.30. The van der Waals surface area contributed by atoms with Gasteiger partial charge in [0.1, 0.15) is 0 Å². The molecule has 2 nitrogen and oxygen atoms in total. The van der Waals surface area contributed by atoms with E-state index in [1.165, 1.54) is 0 Å². The second kappa shape index (κ2) is 5.87. The first-order valence-corrected chi connectivity index (χ1v) is 5.90. The van der Waals surface area contributed by atoms with Gasteiger partial charge in [0, 0.05) is 30.2 Å². The lowest BCUT2D eigenvalue weighted by atomic mass is 10.1. The predicted molar refractivity (Wildman–Crippen MR) is 69.3 cm³/mol. The molecule has 0 atom stereocenters. The topological polar surface area (TPSA) is 21.3 Å². The maximum atomic E-state index is 6.06. The number of benzene rings is 1. The fraction of sp³-hybridized carbons (Fsp3) is 0.500. The highest BCUT2D eigenvalue weighted by Crippen LogP contribution is 2.20. The van der Waals surface area contributed by atoms with Crippen LogP contribution in [0.3, 0.4) is 0 Å². The monoisotopic (exact) mass is 261 g/mol. The lowest BCUT2D eigenvalue weighted by molar-refractivity contribution is 0.0231. The summed E-state index contributed by atoms with van der Waals surface area (Å²) in [5, 5.41) is 4.65. The highest BCUT2D eigenvalue weighted by Gasteiger charge is 2.15. The molecule has 0 saturated heterocycles. The average molecular weight is 262 g/mol. The van der Waals surface area contributed by atoms with Gasteiger partial charge in [-0.15, -0.1) is 0 Å². The summed E-state index contributed by atoms with van der Waals surface area (Å²) in [6.45, 7) is 5.54. The Morgan fingerprint density at radius 3 is 2.56 bits per heavy atom. The second-order valence-electron chi connectivity index (χ2n) is 4.30. The number of ether oxygens (including phenoxy) is 1. The molecule has 0 aromatic heterocycles. The molecule has 90 valence electrons. The molecule has 16 heavy (non-hydrogen) atoms. The van der Waals surface area contributed by atoms with Gasteiger partial charge in [-0.3, -0.25) is 0 Å². The zero-order valence-corrected chi connectivity index (χ0v) is 11.3. The van der Waals surface area contributed by atoms with Gasteiger partial charge in [-0.25, -0.2) is 0 Å². The van der Waals surface area contributed by atoms with Crippen molar-refractivity contribution in [1.29, 1.82) is 0 Å². The molecule has 0 aliphatic heterocycles. The van der Waals surface area contributed by atoms with Crippen molar-refractivity contribution < 1.29 is 4.74 Å². The van der Waals surface area contributed by atoms with E-state index in [1.807, 2.05) is 26.0 Å². The van der Waals surface area contributed by atoms with Gasteiger partial charge in [-0.05, 0) is 31.5 Å². The van der Waals surface area contributed by atoms with E-state index in [9.17, 15) is 0 Å². The molecule has 0 saturated carbocycles.